The van der Waals surface area contributed by atoms with E-state index in [4.69, 9.17) is 4.74 Å². The van der Waals surface area contributed by atoms with Crippen molar-refractivity contribution in [1.29, 1.82) is 0 Å². The van der Waals surface area contributed by atoms with Crippen molar-refractivity contribution in [3.8, 4) is 0 Å². The Balaban J connectivity index is 1.78. The van der Waals surface area contributed by atoms with Gasteiger partial charge in [-0.05, 0) is 37.0 Å². The zero-order chi connectivity index (χ0) is 14.0. The largest absolute Gasteiger partial charge is 0.364 e. The molecule has 0 radical (unpaired) electrons. The first-order chi connectivity index (χ1) is 9.69. The zero-order valence-electron chi connectivity index (χ0n) is 12.3. The Hall–Kier alpha value is -0.930. The fourth-order valence-electron chi connectivity index (χ4n) is 3.48. The highest BCUT2D eigenvalue weighted by molar-refractivity contribution is 5.25. The summed E-state index contributed by atoms with van der Waals surface area (Å²) in [5.41, 5.74) is 1.63. The number of hydrogen-bond acceptors (Lipinski definition) is 2. The van der Waals surface area contributed by atoms with E-state index in [0.717, 1.165) is 31.5 Å². The van der Waals surface area contributed by atoms with E-state index < -0.39 is 0 Å². The van der Waals surface area contributed by atoms with Crippen molar-refractivity contribution in [2.24, 2.45) is 0 Å². The molecule has 1 aliphatic heterocycles. The number of morpholine rings is 1. The van der Waals surface area contributed by atoms with E-state index in [1.807, 2.05) is 12.1 Å². The molecule has 110 valence electrons. The number of aryl methyl sites for hydroxylation is 1. The van der Waals surface area contributed by atoms with Gasteiger partial charge in [0.15, 0.2) is 0 Å². The van der Waals surface area contributed by atoms with Crippen molar-refractivity contribution in [1.82, 2.24) is 5.32 Å². The van der Waals surface area contributed by atoms with Gasteiger partial charge in [0, 0.05) is 13.1 Å². The molecule has 2 nitrogen and oxygen atoms in total. The van der Waals surface area contributed by atoms with Gasteiger partial charge < -0.3 is 10.1 Å². The number of benzene rings is 1. The average molecular weight is 277 g/mol. The van der Waals surface area contributed by atoms with Crippen molar-refractivity contribution >= 4 is 0 Å². The van der Waals surface area contributed by atoms with Gasteiger partial charge >= 0.3 is 0 Å². The summed E-state index contributed by atoms with van der Waals surface area (Å²) >= 11 is 0. The van der Waals surface area contributed by atoms with E-state index in [9.17, 15) is 4.39 Å². The SMILES string of the molecule is Cc1ccc(C2CNCC3(CCCCCC3)O2)cc1F. The minimum atomic E-state index is -0.133. The molecule has 0 amide bonds. The van der Waals surface area contributed by atoms with Gasteiger partial charge in [-0.25, -0.2) is 4.39 Å². The molecule has 3 heteroatoms. The molecular weight excluding hydrogens is 253 g/mol. The van der Waals surface area contributed by atoms with Crippen LogP contribution >= 0.6 is 0 Å². The lowest BCUT2D eigenvalue weighted by Gasteiger charge is -2.41. The van der Waals surface area contributed by atoms with E-state index in [1.165, 1.54) is 25.7 Å². The molecule has 0 bridgehead atoms. The topological polar surface area (TPSA) is 21.3 Å². The molecule has 1 aromatic carbocycles. The van der Waals surface area contributed by atoms with Crippen LogP contribution in [0.2, 0.25) is 0 Å². The summed E-state index contributed by atoms with van der Waals surface area (Å²) in [4.78, 5) is 0. The monoisotopic (exact) mass is 277 g/mol. The summed E-state index contributed by atoms with van der Waals surface area (Å²) in [5, 5.41) is 3.51. The van der Waals surface area contributed by atoms with Crippen LogP contribution in [0, 0.1) is 12.7 Å². The van der Waals surface area contributed by atoms with Gasteiger partial charge in [-0.1, -0.05) is 37.8 Å². The molecule has 1 saturated carbocycles. The van der Waals surface area contributed by atoms with Crippen LogP contribution in [0.3, 0.4) is 0 Å². The lowest BCUT2D eigenvalue weighted by molar-refractivity contribution is -0.126. The van der Waals surface area contributed by atoms with Crippen molar-refractivity contribution < 1.29 is 9.13 Å². The molecule has 1 spiro atoms. The Morgan fingerprint density at radius 3 is 2.65 bits per heavy atom. The fraction of sp³-hybridized carbons (Fsp3) is 0.647. The van der Waals surface area contributed by atoms with Gasteiger partial charge in [0.2, 0.25) is 0 Å². The van der Waals surface area contributed by atoms with E-state index in [0.29, 0.717) is 5.56 Å². The molecule has 2 fully saturated rings. The first-order valence-electron chi connectivity index (χ1n) is 7.83. The molecule has 20 heavy (non-hydrogen) atoms. The van der Waals surface area contributed by atoms with Crippen LogP contribution in [0.4, 0.5) is 4.39 Å². The van der Waals surface area contributed by atoms with Crippen LogP contribution in [-0.2, 0) is 4.74 Å². The predicted molar refractivity (Wildman–Crippen MR) is 78.3 cm³/mol. The van der Waals surface area contributed by atoms with Crippen molar-refractivity contribution in [2.45, 2.75) is 57.2 Å². The number of nitrogens with one attached hydrogen (secondary N) is 1. The second kappa shape index (κ2) is 5.82. The van der Waals surface area contributed by atoms with Gasteiger partial charge in [0.05, 0.1) is 11.7 Å². The third-order valence-corrected chi connectivity index (χ3v) is 4.75. The van der Waals surface area contributed by atoms with Crippen LogP contribution in [0.15, 0.2) is 18.2 Å². The molecular formula is C17H24FNO. The van der Waals surface area contributed by atoms with Crippen LogP contribution in [0.25, 0.3) is 0 Å². The van der Waals surface area contributed by atoms with E-state index in [-0.39, 0.29) is 17.5 Å². The van der Waals surface area contributed by atoms with E-state index >= 15 is 0 Å². The Bertz CT molecular complexity index is 466. The van der Waals surface area contributed by atoms with E-state index in [1.54, 1.807) is 13.0 Å². The van der Waals surface area contributed by atoms with Gasteiger partial charge in [0.1, 0.15) is 5.82 Å². The first kappa shape index (κ1) is 14.0. The third-order valence-electron chi connectivity index (χ3n) is 4.75. The summed E-state index contributed by atoms with van der Waals surface area (Å²) < 4.78 is 20.2. The molecule has 1 unspecified atom stereocenters. The average Bonchev–Trinajstić information content (AvgIpc) is 2.68. The molecule has 1 atom stereocenters. The number of hydrogen-bond donors (Lipinski definition) is 1. The summed E-state index contributed by atoms with van der Waals surface area (Å²) in [6.07, 6.45) is 7.37. The summed E-state index contributed by atoms with van der Waals surface area (Å²) in [6, 6.07) is 5.49. The van der Waals surface area contributed by atoms with Crippen molar-refractivity contribution in [3.05, 3.63) is 35.1 Å². The summed E-state index contributed by atoms with van der Waals surface area (Å²) in [5.74, 6) is -0.133. The van der Waals surface area contributed by atoms with Crippen LogP contribution in [0.1, 0.15) is 55.8 Å². The van der Waals surface area contributed by atoms with Crippen molar-refractivity contribution in [3.63, 3.8) is 0 Å². The number of rotatable bonds is 1. The highest BCUT2D eigenvalue weighted by Gasteiger charge is 2.37. The number of ether oxygens (including phenoxy) is 1. The minimum absolute atomic E-state index is 0.0167. The highest BCUT2D eigenvalue weighted by atomic mass is 19.1. The quantitative estimate of drug-likeness (QED) is 0.841. The van der Waals surface area contributed by atoms with Gasteiger partial charge in [-0.15, -0.1) is 0 Å². The first-order valence-corrected chi connectivity index (χ1v) is 7.83. The second-order valence-corrected chi connectivity index (χ2v) is 6.34. The smallest absolute Gasteiger partial charge is 0.126 e. The standard InChI is InChI=1S/C17H24FNO/c1-13-6-7-14(10-15(13)18)16-11-19-12-17(20-16)8-4-2-3-5-9-17/h6-7,10,16,19H,2-5,8-9,11-12H2,1H3. The second-order valence-electron chi connectivity index (χ2n) is 6.34. The maximum Gasteiger partial charge on any atom is 0.126 e. The third kappa shape index (κ3) is 2.89. The molecule has 1 aromatic rings. The van der Waals surface area contributed by atoms with Gasteiger partial charge in [-0.2, -0.15) is 0 Å². The van der Waals surface area contributed by atoms with Crippen LogP contribution < -0.4 is 5.32 Å². The molecule has 1 aliphatic carbocycles. The number of halogens is 1. The molecule has 2 aliphatic rings. The lowest BCUT2D eigenvalue weighted by Crippen LogP contribution is -2.50. The Kier molecular flexibility index (Phi) is 4.08. The molecule has 3 rings (SSSR count). The molecule has 1 heterocycles. The molecule has 1 saturated heterocycles. The minimum Gasteiger partial charge on any atom is -0.364 e. The molecule has 0 aromatic heterocycles. The van der Waals surface area contributed by atoms with Crippen molar-refractivity contribution in [2.75, 3.05) is 13.1 Å². The highest BCUT2D eigenvalue weighted by Crippen LogP contribution is 2.37. The Labute approximate surface area is 120 Å². The van der Waals surface area contributed by atoms with Crippen LogP contribution in [0.5, 0.6) is 0 Å². The van der Waals surface area contributed by atoms with E-state index in [2.05, 4.69) is 5.32 Å². The maximum absolute atomic E-state index is 13.8. The predicted octanol–water partition coefficient (Wildman–Crippen LogP) is 3.89. The summed E-state index contributed by atoms with van der Waals surface area (Å²) in [6.45, 7) is 3.52. The normalized spacial score (nSPS) is 26.4. The van der Waals surface area contributed by atoms with Gasteiger partial charge in [-0.3, -0.25) is 0 Å². The van der Waals surface area contributed by atoms with Gasteiger partial charge in [0.25, 0.3) is 0 Å². The fourth-order valence-corrected chi connectivity index (χ4v) is 3.48. The lowest BCUT2D eigenvalue weighted by atomic mass is 9.91. The Morgan fingerprint density at radius 1 is 1.20 bits per heavy atom. The maximum atomic E-state index is 13.8. The summed E-state index contributed by atoms with van der Waals surface area (Å²) in [7, 11) is 0. The van der Waals surface area contributed by atoms with Crippen LogP contribution in [-0.4, -0.2) is 18.7 Å². The zero-order valence-corrected chi connectivity index (χ0v) is 12.3. The molecule has 1 N–H and O–H groups in total. The Morgan fingerprint density at radius 2 is 1.95 bits per heavy atom.